The maximum absolute atomic E-state index is 12.0. The molecule has 0 fully saturated rings. The third kappa shape index (κ3) is 3.87. The number of nitrogen functional groups attached to an aromatic ring is 1. The lowest BCUT2D eigenvalue weighted by Gasteiger charge is -2.09. The van der Waals surface area contributed by atoms with Crippen molar-refractivity contribution in [1.29, 1.82) is 0 Å². The van der Waals surface area contributed by atoms with E-state index in [-0.39, 0.29) is 28.0 Å². The molecule has 0 bridgehead atoms. The van der Waals surface area contributed by atoms with Gasteiger partial charge in [-0.05, 0) is 18.6 Å². The minimum atomic E-state index is -3.48. The van der Waals surface area contributed by atoms with Crippen LogP contribution >= 0.6 is 11.6 Å². The predicted molar refractivity (Wildman–Crippen MR) is 69.0 cm³/mol. The van der Waals surface area contributed by atoms with Gasteiger partial charge in [0.05, 0.1) is 23.1 Å². The monoisotopic (exact) mass is 277 g/mol. The Labute approximate surface area is 107 Å². The fourth-order valence-electron chi connectivity index (χ4n) is 1.37. The highest BCUT2D eigenvalue weighted by atomic mass is 35.5. The summed E-state index contributed by atoms with van der Waals surface area (Å²) in [6.07, 6.45) is 0.855. The summed E-state index contributed by atoms with van der Waals surface area (Å²) in [6, 6.07) is 4.65. The summed E-state index contributed by atoms with van der Waals surface area (Å²) >= 11 is 5.85. The summed E-state index contributed by atoms with van der Waals surface area (Å²) in [5, 5.41) is 0.153. The van der Waals surface area contributed by atoms with E-state index in [4.69, 9.17) is 22.1 Å². The van der Waals surface area contributed by atoms with Crippen molar-refractivity contribution < 1.29 is 13.2 Å². The second-order valence-electron chi connectivity index (χ2n) is 3.59. The van der Waals surface area contributed by atoms with Crippen molar-refractivity contribution in [1.82, 2.24) is 0 Å². The van der Waals surface area contributed by atoms with Gasteiger partial charge in [-0.2, -0.15) is 0 Å². The molecule has 6 heteroatoms. The van der Waals surface area contributed by atoms with Crippen LogP contribution in [0.5, 0.6) is 0 Å². The fourth-order valence-corrected chi connectivity index (χ4v) is 3.24. The van der Waals surface area contributed by atoms with Crippen molar-refractivity contribution in [3.63, 3.8) is 0 Å². The molecule has 1 rings (SSSR count). The van der Waals surface area contributed by atoms with Gasteiger partial charge < -0.3 is 10.5 Å². The molecule has 96 valence electrons. The molecule has 4 nitrogen and oxygen atoms in total. The van der Waals surface area contributed by atoms with E-state index in [2.05, 4.69) is 0 Å². The number of rotatable bonds is 6. The normalized spacial score (nSPS) is 11.6. The molecular formula is C11H16ClNO3S. The van der Waals surface area contributed by atoms with Gasteiger partial charge in [0, 0.05) is 6.61 Å². The van der Waals surface area contributed by atoms with Gasteiger partial charge in [0.2, 0.25) is 0 Å². The summed E-state index contributed by atoms with van der Waals surface area (Å²) in [5.41, 5.74) is 5.81. The zero-order chi connectivity index (χ0) is 12.9. The largest absolute Gasteiger partial charge is 0.398 e. The van der Waals surface area contributed by atoms with Gasteiger partial charge in [0.1, 0.15) is 4.90 Å². The first-order chi connectivity index (χ1) is 7.99. The highest BCUT2D eigenvalue weighted by molar-refractivity contribution is 7.91. The van der Waals surface area contributed by atoms with Gasteiger partial charge >= 0.3 is 0 Å². The Balaban J connectivity index is 2.83. The first-order valence-electron chi connectivity index (χ1n) is 5.33. The molecule has 0 spiro atoms. The SMILES string of the molecule is CCCOCCS(=O)(=O)c1c(N)cccc1Cl. The molecule has 0 aliphatic heterocycles. The third-order valence-corrected chi connectivity index (χ3v) is 4.36. The van der Waals surface area contributed by atoms with E-state index in [1.54, 1.807) is 6.07 Å². The minimum Gasteiger partial charge on any atom is -0.398 e. The first-order valence-corrected chi connectivity index (χ1v) is 7.36. The molecule has 0 radical (unpaired) electrons. The topological polar surface area (TPSA) is 69.4 Å². The van der Waals surface area contributed by atoms with Crippen LogP contribution in [0.3, 0.4) is 0 Å². The zero-order valence-corrected chi connectivity index (χ0v) is 11.2. The van der Waals surface area contributed by atoms with Crippen LogP contribution in [-0.4, -0.2) is 27.4 Å². The van der Waals surface area contributed by atoms with Crippen LogP contribution < -0.4 is 5.73 Å². The van der Waals surface area contributed by atoms with Gasteiger partial charge in [0.25, 0.3) is 0 Å². The number of sulfone groups is 1. The van der Waals surface area contributed by atoms with Crippen LogP contribution in [0.15, 0.2) is 23.1 Å². The van der Waals surface area contributed by atoms with Gasteiger partial charge in [-0.15, -0.1) is 0 Å². The van der Waals surface area contributed by atoms with Crippen molar-refractivity contribution in [3.8, 4) is 0 Å². The number of anilines is 1. The van der Waals surface area contributed by atoms with Crippen LogP contribution in [-0.2, 0) is 14.6 Å². The lowest BCUT2D eigenvalue weighted by atomic mass is 10.3. The number of benzene rings is 1. The van der Waals surface area contributed by atoms with E-state index in [9.17, 15) is 8.42 Å². The van der Waals surface area contributed by atoms with Crippen molar-refractivity contribution in [2.45, 2.75) is 18.2 Å². The third-order valence-electron chi connectivity index (χ3n) is 2.15. The molecule has 0 aliphatic rings. The molecule has 0 aliphatic carbocycles. The van der Waals surface area contributed by atoms with E-state index in [0.717, 1.165) is 6.42 Å². The van der Waals surface area contributed by atoms with Gasteiger partial charge in [-0.1, -0.05) is 24.6 Å². The van der Waals surface area contributed by atoms with Crippen molar-refractivity contribution in [2.24, 2.45) is 0 Å². The van der Waals surface area contributed by atoms with E-state index >= 15 is 0 Å². The van der Waals surface area contributed by atoms with Crippen LogP contribution in [0.2, 0.25) is 5.02 Å². The molecular weight excluding hydrogens is 262 g/mol. The first kappa shape index (κ1) is 14.3. The molecule has 0 heterocycles. The number of hydrogen-bond donors (Lipinski definition) is 1. The highest BCUT2D eigenvalue weighted by Gasteiger charge is 2.20. The number of ether oxygens (including phenoxy) is 1. The predicted octanol–water partition coefficient (Wildman–Crippen LogP) is 2.12. The smallest absolute Gasteiger partial charge is 0.184 e. The molecule has 2 N–H and O–H groups in total. The molecule has 0 aromatic heterocycles. The van der Waals surface area contributed by atoms with E-state index in [1.165, 1.54) is 12.1 Å². The van der Waals surface area contributed by atoms with E-state index in [1.807, 2.05) is 6.92 Å². The highest BCUT2D eigenvalue weighted by Crippen LogP contribution is 2.27. The summed E-state index contributed by atoms with van der Waals surface area (Å²) in [7, 11) is -3.48. The molecule has 17 heavy (non-hydrogen) atoms. The fraction of sp³-hybridized carbons (Fsp3) is 0.455. The maximum Gasteiger partial charge on any atom is 0.184 e. The van der Waals surface area contributed by atoms with Gasteiger partial charge in [-0.25, -0.2) is 8.42 Å². The van der Waals surface area contributed by atoms with E-state index < -0.39 is 9.84 Å². The number of halogens is 1. The lowest BCUT2D eigenvalue weighted by Crippen LogP contribution is -2.15. The van der Waals surface area contributed by atoms with Crippen LogP contribution in [0.1, 0.15) is 13.3 Å². The Morgan fingerprint density at radius 2 is 2.06 bits per heavy atom. The molecule has 0 atom stereocenters. The van der Waals surface area contributed by atoms with Crippen LogP contribution in [0.4, 0.5) is 5.69 Å². The Kier molecular flexibility index (Phi) is 5.24. The standard InChI is InChI=1S/C11H16ClNO3S/c1-2-6-16-7-8-17(14,15)11-9(12)4-3-5-10(11)13/h3-5H,2,6-8,13H2,1H3. The Bertz CT molecular complexity index is 453. The molecule has 1 aromatic carbocycles. The summed E-state index contributed by atoms with van der Waals surface area (Å²) in [5.74, 6) is -0.110. The minimum absolute atomic E-state index is 0.00163. The average molecular weight is 278 g/mol. The molecule has 0 saturated heterocycles. The van der Waals surface area contributed by atoms with Crippen molar-refractivity contribution in [2.75, 3.05) is 24.7 Å². The van der Waals surface area contributed by atoms with Crippen molar-refractivity contribution in [3.05, 3.63) is 23.2 Å². The molecule has 0 unspecified atom stereocenters. The van der Waals surface area contributed by atoms with Gasteiger partial charge in [0.15, 0.2) is 9.84 Å². The molecule has 1 aromatic rings. The summed E-state index contributed by atoms with van der Waals surface area (Å²) in [4.78, 5) is 0.00163. The Morgan fingerprint density at radius 3 is 2.65 bits per heavy atom. The Hall–Kier alpha value is -0.780. The van der Waals surface area contributed by atoms with Crippen LogP contribution in [0.25, 0.3) is 0 Å². The van der Waals surface area contributed by atoms with Crippen LogP contribution in [0, 0.1) is 0 Å². The lowest BCUT2D eigenvalue weighted by molar-refractivity contribution is 0.149. The van der Waals surface area contributed by atoms with Gasteiger partial charge in [-0.3, -0.25) is 0 Å². The number of nitrogens with two attached hydrogens (primary N) is 1. The second-order valence-corrected chi connectivity index (χ2v) is 6.04. The van der Waals surface area contributed by atoms with E-state index in [0.29, 0.717) is 6.61 Å². The maximum atomic E-state index is 12.0. The molecule has 0 amide bonds. The summed E-state index contributed by atoms with van der Waals surface area (Å²) in [6.45, 7) is 2.66. The molecule has 0 saturated carbocycles. The number of hydrogen-bond acceptors (Lipinski definition) is 4. The summed E-state index contributed by atoms with van der Waals surface area (Å²) < 4.78 is 29.1. The zero-order valence-electron chi connectivity index (χ0n) is 9.65. The quantitative estimate of drug-likeness (QED) is 0.639. The average Bonchev–Trinajstić information content (AvgIpc) is 2.24. The second kappa shape index (κ2) is 6.23. The Morgan fingerprint density at radius 1 is 1.35 bits per heavy atom. The van der Waals surface area contributed by atoms with Crippen molar-refractivity contribution >= 4 is 27.1 Å².